The molecule has 0 radical (unpaired) electrons. The van der Waals surface area contributed by atoms with Gasteiger partial charge in [-0.15, -0.1) is 0 Å². The summed E-state index contributed by atoms with van der Waals surface area (Å²) in [4.78, 5) is 37.1. The molecule has 0 unspecified atom stereocenters. The van der Waals surface area contributed by atoms with Gasteiger partial charge in [-0.1, -0.05) is 24.3 Å². The number of hydrogen-bond acceptors (Lipinski definition) is 7. The summed E-state index contributed by atoms with van der Waals surface area (Å²) in [7, 11) is 1.41. The first-order valence-electron chi connectivity index (χ1n) is 9.62. The Morgan fingerprint density at radius 1 is 0.938 bits per heavy atom. The minimum atomic E-state index is -0.786. The summed E-state index contributed by atoms with van der Waals surface area (Å²) in [6.45, 7) is 1.36. The Labute approximate surface area is 183 Å². The van der Waals surface area contributed by atoms with Crippen molar-refractivity contribution in [2.24, 2.45) is 0 Å². The Morgan fingerprint density at radius 2 is 1.59 bits per heavy atom. The van der Waals surface area contributed by atoms with Gasteiger partial charge in [0.05, 0.1) is 30.1 Å². The maximum absolute atomic E-state index is 12.6. The molecule has 0 spiro atoms. The summed E-state index contributed by atoms with van der Waals surface area (Å²) in [5.41, 5.74) is 5.40. The number of hydroxylamine groups is 1. The standard InChI is InChI=1S/C23H19N5O4/c1-13(29)26-18-12-25-11-17-19(23(30)28-31)22(32-2)20(27-21(17)18)16-5-3-14(4-6-16)15-7-9-24-10-8-15/h3-12,31H,1-2H3,(H,26,29)(H,28,30). The smallest absolute Gasteiger partial charge is 0.279 e. The molecule has 0 aliphatic rings. The van der Waals surface area contributed by atoms with Crippen LogP contribution in [0.3, 0.4) is 0 Å². The molecule has 0 aliphatic heterocycles. The molecular weight excluding hydrogens is 410 g/mol. The van der Waals surface area contributed by atoms with Crippen molar-refractivity contribution < 1.29 is 19.5 Å². The molecule has 4 rings (SSSR count). The van der Waals surface area contributed by atoms with E-state index in [0.29, 0.717) is 27.8 Å². The number of pyridine rings is 3. The topological polar surface area (TPSA) is 126 Å². The van der Waals surface area contributed by atoms with Gasteiger partial charge in [-0.2, -0.15) is 0 Å². The number of aromatic nitrogens is 3. The Kier molecular flexibility index (Phi) is 5.73. The van der Waals surface area contributed by atoms with Crippen LogP contribution < -0.4 is 15.5 Å². The van der Waals surface area contributed by atoms with Gasteiger partial charge in [-0.25, -0.2) is 10.5 Å². The predicted molar refractivity (Wildman–Crippen MR) is 118 cm³/mol. The molecule has 1 aromatic carbocycles. The minimum absolute atomic E-state index is 0.0490. The predicted octanol–water partition coefficient (Wildman–Crippen LogP) is 3.44. The van der Waals surface area contributed by atoms with Crippen LogP contribution in [-0.4, -0.2) is 39.1 Å². The highest BCUT2D eigenvalue weighted by Gasteiger charge is 2.24. The van der Waals surface area contributed by atoms with Crippen molar-refractivity contribution in [3.63, 3.8) is 0 Å². The third-order valence-electron chi connectivity index (χ3n) is 4.87. The third-order valence-corrected chi connectivity index (χ3v) is 4.87. The number of ether oxygens (including phenoxy) is 1. The number of carbonyl (C=O) groups is 2. The molecule has 0 fully saturated rings. The SMILES string of the molecule is COc1c(-c2ccc(-c3ccncc3)cc2)nc2c(NC(C)=O)cncc2c1C(=O)NO. The molecule has 32 heavy (non-hydrogen) atoms. The first-order chi connectivity index (χ1) is 15.5. The molecular formula is C23H19N5O4. The Hall–Kier alpha value is -4.37. The normalized spacial score (nSPS) is 10.6. The molecule has 3 heterocycles. The van der Waals surface area contributed by atoms with Crippen LogP contribution in [0.4, 0.5) is 5.69 Å². The highest BCUT2D eigenvalue weighted by atomic mass is 16.5. The van der Waals surface area contributed by atoms with E-state index < -0.39 is 5.91 Å². The van der Waals surface area contributed by atoms with Crippen LogP contribution in [0.5, 0.6) is 5.75 Å². The zero-order valence-corrected chi connectivity index (χ0v) is 17.3. The third kappa shape index (κ3) is 3.84. The second-order valence-corrected chi connectivity index (χ2v) is 6.89. The lowest BCUT2D eigenvalue weighted by molar-refractivity contribution is -0.114. The lowest BCUT2D eigenvalue weighted by Gasteiger charge is -2.16. The van der Waals surface area contributed by atoms with E-state index in [1.54, 1.807) is 17.9 Å². The Morgan fingerprint density at radius 3 is 2.22 bits per heavy atom. The molecule has 0 saturated heterocycles. The summed E-state index contributed by atoms with van der Waals surface area (Å²) in [6, 6.07) is 11.4. The highest BCUT2D eigenvalue weighted by Crippen LogP contribution is 2.38. The van der Waals surface area contributed by atoms with Gasteiger partial charge in [0.1, 0.15) is 5.69 Å². The minimum Gasteiger partial charge on any atom is -0.494 e. The van der Waals surface area contributed by atoms with Gasteiger partial charge < -0.3 is 10.1 Å². The van der Waals surface area contributed by atoms with Crippen LogP contribution in [0.25, 0.3) is 33.3 Å². The fourth-order valence-corrected chi connectivity index (χ4v) is 3.48. The molecule has 3 N–H and O–H groups in total. The van der Waals surface area contributed by atoms with Crippen LogP contribution in [0.2, 0.25) is 0 Å². The maximum atomic E-state index is 12.6. The number of nitrogens with one attached hydrogen (secondary N) is 2. The van der Waals surface area contributed by atoms with Crippen molar-refractivity contribution in [1.82, 2.24) is 20.4 Å². The van der Waals surface area contributed by atoms with Gasteiger partial charge in [0.25, 0.3) is 5.91 Å². The van der Waals surface area contributed by atoms with Crippen molar-refractivity contribution in [2.75, 3.05) is 12.4 Å². The highest BCUT2D eigenvalue weighted by molar-refractivity contribution is 6.13. The van der Waals surface area contributed by atoms with Crippen LogP contribution >= 0.6 is 0 Å². The van der Waals surface area contributed by atoms with Gasteiger partial charge in [0, 0.05) is 36.5 Å². The second kappa shape index (κ2) is 8.78. The van der Waals surface area contributed by atoms with Gasteiger partial charge in [0.15, 0.2) is 5.75 Å². The fraction of sp³-hybridized carbons (Fsp3) is 0.0870. The molecule has 160 valence electrons. The molecule has 3 aromatic heterocycles. The summed E-state index contributed by atoms with van der Waals surface area (Å²) < 4.78 is 5.54. The zero-order chi connectivity index (χ0) is 22.7. The number of methoxy groups -OCH3 is 1. The quantitative estimate of drug-likeness (QED) is 0.328. The maximum Gasteiger partial charge on any atom is 0.279 e. The number of rotatable bonds is 5. The van der Waals surface area contributed by atoms with Crippen LogP contribution in [0, 0.1) is 0 Å². The summed E-state index contributed by atoms with van der Waals surface area (Å²) >= 11 is 0. The Balaban J connectivity index is 1.95. The molecule has 0 aliphatic carbocycles. The van der Waals surface area contributed by atoms with E-state index in [0.717, 1.165) is 11.1 Å². The number of fused-ring (bicyclic) bond motifs is 1. The van der Waals surface area contributed by atoms with E-state index in [2.05, 4.69) is 15.3 Å². The van der Waals surface area contributed by atoms with Crippen molar-refractivity contribution >= 4 is 28.4 Å². The van der Waals surface area contributed by atoms with Gasteiger partial charge in [-0.3, -0.25) is 24.8 Å². The summed E-state index contributed by atoms with van der Waals surface area (Å²) in [5.74, 6) is -0.929. The van der Waals surface area contributed by atoms with Crippen molar-refractivity contribution in [3.05, 3.63) is 66.7 Å². The summed E-state index contributed by atoms with van der Waals surface area (Å²) in [5, 5.41) is 12.3. The number of nitrogens with zero attached hydrogens (tertiary/aromatic N) is 3. The van der Waals surface area contributed by atoms with E-state index in [1.807, 2.05) is 36.4 Å². The number of carbonyl (C=O) groups excluding carboxylic acids is 2. The average molecular weight is 429 g/mol. The van der Waals surface area contributed by atoms with E-state index in [4.69, 9.17) is 9.72 Å². The van der Waals surface area contributed by atoms with Crippen molar-refractivity contribution in [3.8, 4) is 28.1 Å². The monoisotopic (exact) mass is 429 g/mol. The van der Waals surface area contributed by atoms with Gasteiger partial charge >= 0.3 is 0 Å². The van der Waals surface area contributed by atoms with Crippen molar-refractivity contribution in [1.29, 1.82) is 0 Å². The average Bonchev–Trinajstić information content (AvgIpc) is 2.83. The number of amides is 2. The molecule has 9 nitrogen and oxygen atoms in total. The number of hydrogen-bond donors (Lipinski definition) is 3. The molecule has 0 saturated carbocycles. The largest absolute Gasteiger partial charge is 0.494 e. The Bertz CT molecular complexity index is 1310. The van der Waals surface area contributed by atoms with Crippen molar-refractivity contribution in [2.45, 2.75) is 6.92 Å². The molecule has 2 amide bonds. The van der Waals surface area contributed by atoms with Gasteiger partial charge in [0.2, 0.25) is 5.91 Å². The molecule has 0 bridgehead atoms. The van der Waals surface area contributed by atoms with Crippen LogP contribution in [-0.2, 0) is 4.79 Å². The van der Waals surface area contributed by atoms with E-state index in [1.165, 1.54) is 26.4 Å². The number of anilines is 1. The zero-order valence-electron chi connectivity index (χ0n) is 17.3. The summed E-state index contributed by atoms with van der Waals surface area (Å²) in [6.07, 6.45) is 6.31. The molecule has 9 heteroatoms. The van der Waals surface area contributed by atoms with Crippen LogP contribution in [0.1, 0.15) is 17.3 Å². The fourth-order valence-electron chi connectivity index (χ4n) is 3.48. The van der Waals surface area contributed by atoms with Crippen LogP contribution in [0.15, 0.2) is 61.2 Å². The van der Waals surface area contributed by atoms with E-state index >= 15 is 0 Å². The lowest BCUT2D eigenvalue weighted by Crippen LogP contribution is -2.21. The second-order valence-electron chi connectivity index (χ2n) is 6.89. The molecule has 0 atom stereocenters. The van der Waals surface area contributed by atoms with E-state index in [9.17, 15) is 14.8 Å². The first-order valence-corrected chi connectivity index (χ1v) is 9.62. The lowest BCUT2D eigenvalue weighted by atomic mass is 10.00. The number of benzene rings is 1. The van der Waals surface area contributed by atoms with E-state index in [-0.39, 0.29) is 17.2 Å². The first kappa shape index (κ1) is 20.9. The van der Waals surface area contributed by atoms with Gasteiger partial charge in [-0.05, 0) is 23.3 Å². The molecule has 4 aromatic rings.